The van der Waals surface area contributed by atoms with Crippen LogP contribution in [-0.4, -0.2) is 56.3 Å². The average Bonchev–Trinajstić information content (AvgIpc) is 3.44. The number of nitrogens with zero attached hydrogens (tertiary/aromatic N) is 2. The van der Waals surface area contributed by atoms with Crippen LogP contribution in [0.25, 0.3) is 0 Å². The molecule has 1 N–H and O–H groups in total. The number of nitrogens with one attached hydrogen (secondary N) is 1. The third-order valence-corrected chi connectivity index (χ3v) is 7.48. The van der Waals surface area contributed by atoms with E-state index >= 15 is 0 Å². The summed E-state index contributed by atoms with van der Waals surface area (Å²) in [5.74, 6) is -0.683. The van der Waals surface area contributed by atoms with Crippen molar-refractivity contribution in [3.05, 3.63) is 53.7 Å². The Morgan fingerprint density at radius 1 is 1.23 bits per heavy atom. The summed E-state index contributed by atoms with van der Waals surface area (Å²) < 4.78 is 46.6. The fourth-order valence-electron chi connectivity index (χ4n) is 3.78. The summed E-state index contributed by atoms with van der Waals surface area (Å²) in [4.78, 5) is 14.9. The van der Waals surface area contributed by atoms with Crippen molar-refractivity contribution in [1.29, 1.82) is 0 Å². The molecule has 1 aliphatic heterocycles. The van der Waals surface area contributed by atoms with Crippen molar-refractivity contribution in [2.24, 2.45) is 0 Å². The molecule has 1 aromatic carbocycles. The number of likely N-dealkylation sites (tertiary alicyclic amines) is 1. The number of furan rings is 1. The summed E-state index contributed by atoms with van der Waals surface area (Å²) in [5, 5.41) is 2.75. The molecule has 2 heterocycles. The van der Waals surface area contributed by atoms with Gasteiger partial charge in [0, 0.05) is 19.6 Å². The van der Waals surface area contributed by atoms with E-state index in [9.17, 15) is 17.6 Å². The van der Waals surface area contributed by atoms with Crippen LogP contribution in [0.1, 0.15) is 48.8 Å². The van der Waals surface area contributed by atoms with Gasteiger partial charge in [0.15, 0.2) is 0 Å². The van der Waals surface area contributed by atoms with Gasteiger partial charge in [0.25, 0.3) is 5.91 Å². The average molecular weight is 438 g/mol. The second-order valence-corrected chi connectivity index (χ2v) is 9.15. The van der Waals surface area contributed by atoms with E-state index in [1.54, 1.807) is 26.2 Å². The number of benzene rings is 1. The van der Waals surface area contributed by atoms with E-state index in [0.29, 0.717) is 13.1 Å². The molecule has 1 aromatic heterocycles. The highest BCUT2D eigenvalue weighted by atomic mass is 32.2. The quantitative estimate of drug-likeness (QED) is 0.652. The number of hydrogen-bond donors (Lipinski definition) is 1. The Labute approximate surface area is 176 Å². The predicted octanol–water partition coefficient (Wildman–Crippen LogP) is 3.02. The lowest BCUT2D eigenvalue weighted by Crippen LogP contribution is -2.37. The molecule has 1 atom stereocenters. The van der Waals surface area contributed by atoms with Gasteiger partial charge >= 0.3 is 0 Å². The van der Waals surface area contributed by atoms with E-state index in [4.69, 9.17) is 4.42 Å². The van der Waals surface area contributed by atoms with Gasteiger partial charge in [-0.1, -0.05) is 13.8 Å². The fourth-order valence-corrected chi connectivity index (χ4v) is 5.26. The van der Waals surface area contributed by atoms with Gasteiger partial charge in [-0.3, -0.25) is 9.69 Å². The third-order valence-electron chi connectivity index (χ3n) is 5.43. The molecule has 3 rings (SSSR count). The number of carbonyl (C=O) groups excluding carboxylic acids is 1. The molecule has 0 bridgehead atoms. The summed E-state index contributed by atoms with van der Waals surface area (Å²) >= 11 is 0. The molecule has 0 unspecified atom stereocenters. The summed E-state index contributed by atoms with van der Waals surface area (Å²) in [6.07, 6.45) is 3.73. The van der Waals surface area contributed by atoms with Crippen LogP contribution >= 0.6 is 0 Å². The van der Waals surface area contributed by atoms with Crippen molar-refractivity contribution < 1.29 is 22.0 Å². The topological polar surface area (TPSA) is 82.9 Å². The van der Waals surface area contributed by atoms with Crippen molar-refractivity contribution in [1.82, 2.24) is 14.5 Å². The first-order chi connectivity index (χ1) is 14.4. The molecular formula is C21H28FN3O4S. The van der Waals surface area contributed by atoms with Gasteiger partial charge < -0.3 is 9.73 Å². The van der Waals surface area contributed by atoms with Gasteiger partial charge in [-0.05, 0) is 56.3 Å². The minimum atomic E-state index is -3.79. The summed E-state index contributed by atoms with van der Waals surface area (Å²) in [6, 6.07) is 6.81. The normalized spacial score (nSPS) is 16.1. The number of rotatable bonds is 9. The molecule has 1 amide bonds. The third kappa shape index (κ3) is 4.74. The zero-order valence-corrected chi connectivity index (χ0v) is 18.1. The molecule has 164 valence electrons. The van der Waals surface area contributed by atoms with Gasteiger partial charge in [0.05, 0.1) is 22.8 Å². The molecule has 0 aliphatic carbocycles. The minimum Gasteiger partial charge on any atom is -0.468 e. The number of amides is 1. The number of sulfonamides is 1. The Bertz CT molecular complexity index is 953. The lowest BCUT2D eigenvalue weighted by molar-refractivity contribution is 0.0929. The van der Waals surface area contributed by atoms with Crippen molar-refractivity contribution in [3.8, 4) is 0 Å². The van der Waals surface area contributed by atoms with Crippen LogP contribution in [0, 0.1) is 5.82 Å². The Balaban J connectivity index is 1.79. The van der Waals surface area contributed by atoms with E-state index in [2.05, 4.69) is 10.2 Å². The monoisotopic (exact) mass is 437 g/mol. The fraction of sp³-hybridized carbons (Fsp3) is 0.476. The number of halogens is 1. The highest BCUT2D eigenvalue weighted by molar-refractivity contribution is 7.89. The highest BCUT2D eigenvalue weighted by Crippen LogP contribution is 2.25. The van der Waals surface area contributed by atoms with Gasteiger partial charge in [0.1, 0.15) is 11.6 Å². The Kier molecular flexibility index (Phi) is 7.27. The smallest absolute Gasteiger partial charge is 0.254 e. The van der Waals surface area contributed by atoms with E-state index in [-0.39, 0.29) is 23.0 Å². The Hall–Kier alpha value is -2.23. The maximum Gasteiger partial charge on any atom is 0.254 e. The van der Waals surface area contributed by atoms with Crippen LogP contribution in [-0.2, 0) is 10.0 Å². The highest BCUT2D eigenvalue weighted by Gasteiger charge is 2.28. The Morgan fingerprint density at radius 2 is 1.93 bits per heavy atom. The largest absolute Gasteiger partial charge is 0.468 e. The molecule has 2 aromatic rings. The van der Waals surface area contributed by atoms with E-state index in [0.717, 1.165) is 43.8 Å². The summed E-state index contributed by atoms with van der Waals surface area (Å²) in [5.41, 5.74) is -0.289. The number of hydrogen-bond acceptors (Lipinski definition) is 5. The lowest BCUT2D eigenvalue weighted by atomic mass is 10.1. The van der Waals surface area contributed by atoms with Crippen molar-refractivity contribution in [3.63, 3.8) is 0 Å². The molecule has 30 heavy (non-hydrogen) atoms. The van der Waals surface area contributed by atoms with Crippen LogP contribution in [0.3, 0.4) is 0 Å². The Morgan fingerprint density at radius 3 is 2.53 bits per heavy atom. The zero-order valence-electron chi connectivity index (χ0n) is 17.3. The van der Waals surface area contributed by atoms with Crippen LogP contribution in [0.4, 0.5) is 4.39 Å². The second kappa shape index (κ2) is 9.72. The van der Waals surface area contributed by atoms with Crippen LogP contribution in [0.15, 0.2) is 45.9 Å². The first-order valence-electron chi connectivity index (χ1n) is 10.2. The summed E-state index contributed by atoms with van der Waals surface area (Å²) in [6.45, 7) is 6.06. The van der Waals surface area contributed by atoms with Gasteiger partial charge in [-0.25, -0.2) is 12.8 Å². The molecule has 1 saturated heterocycles. The van der Waals surface area contributed by atoms with E-state index in [1.165, 1.54) is 10.4 Å². The molecule has 0 saturated carbocycles. The molecular weight excluding hydrogens is 409 g/mol. The molecule has 0 spiro atoms. The molecule has 0 radical (unpaired) electrons. The van der Waals surface area contributed by atoms with Crippen molar-refractivity contribution >= 4 is 15.9 Å². The van der Waals surface area contributed by atoms with Crippen molar-refractivity contribution in [2.75, 3.05) is 32.7 Å². The molecule has 1 fully saturated rings. The first-order valence-corrected chi connectivity index (χ1v) is 11.7. The molecule has 7 nitrogen and oxygen atoms in total. The van der Waals surface area contributed by atoms with Crippen molar-refractivity contribution in [2.45, 2.75) is 37.6 Å². The standard InChI is InChI=1S/C21H28FN3O4S/c1-3-25(4-2)30(27,28)16-9-10-18(22)17(14-16)21(26)23-15-19(20-8-7-13-29-20)24-11-5-6-12-24/h7-10,13-14,19H,3-6,11-12,15H2,1-2H3,(H,23,26)/t19-/m0/s1. The first kappa shape index (κ1) is 22.5. The lowest BCUT2D eigenvalue weighted by Gasteiger charge is -2.26. The van der Waals surface area contributed by atoms with Gasteiger partial charge in [-0.15, -0.1) is 0 Å². The predicted molar refractivity (Wildman–Crippen MR) is 111 cm³/mol. The van der Waals surface area contributed by atoms with E-state index < -0.39 is 21.7 Å². The van der Waals surface area contributed by atoms with Gasteiger partial charge in [-0.2, -0.15) is 4.31 Å². The molecule has 1 aliphatic rings. The zero-order chi connectivity index (χ0) is 21.7. The van der Waals surface area contributed by atoms with Crippen LogP contribution < -0.4 is 5.32 Å². The number of carbonyl (C=O) groups is 1. The van der Waals surface area contributed by atoms with E-state index in [1.807, 2.05) is 6.07 Å². The maximum atomic E-state index is 14.4. The SMILES string of the molecule is CCN(CC)S(=O)(=O)c1ccc(F)c(C(=O)NC[C@@H](c2ccco2)N2CCCC2)c1. The van der Waals surface area contributed by atoms with Gasteiger partial charge in [0.2, 0.25) is 10.0 Å². The second-order valence-electron chi connectivity index (χ2n) is 7.22. The molecule has 9 heteroatoms. The summed E-state index contributed by atoms with van der Waals surface area (Å²) in [7, 11) is -3.79. The minimum absolute atomic E-state index is 0.0973. The maximum absolute atomic E-state index is 14.4. The van der Waals surface area contributed by atoms with Crippen LogP contribution in [0.5, 0.6) is 0 Å². The van der Waals surface area contributed by atoms with Crippen LogP contribution in [0.2, 0.25) is 0 Å².